The first-order valence-electron chi connectivity index (χ1n) is 4.54. The van der Waals surface area contributed by atoms with E-state index in [-0.39, 0.29) is 11.4 Å². The average molecular weight is 213 g/mol. The zero-order valence-electron chi connectivity index (χ0n) is 8.80. The standard InChI is InChI=1S/C11H16FNS/c1-11(2,13)7-8-6-9(12)4-5-10(8)14-3/h4-6H,7,13H2,1-3H3. The Hall–Kier alpha value is -0.540. The average Bonchev–Trinajstić information content (AvgIpc) is 2.01. The highest BCUT2D eigenvalue weighted by Gasteiger charge is 2.14. The van der Waals surface area contributed by atoms with E-state index in [0.29, 0.717) is 6.42 Å². The van der Waals surface area contributed by atoms with Crippen molar-refractivity contribution in [3.8, 4) is 0 Å². The van der Waals surface area contributed by atoms with Crippen LogP contribution in [0.4, 0.5) is 4.39 Å². The zero-order chi connectivity index (χ0) is 10.8. The van der Waals surface area contributed by atoms with Crippen LogP contribution < -0.4 is 5.73 Å². The van der Waals surface area contributed by atoms with Gasteiger partial charge in [0.15, 0.2) is 0 Å². The third-order valence-corrected chi connectivity index (χ3v) is 2.73. The molecule has 0 aliphatic rings. The Morgan fingerprint density at radius 2 is 2.07 bits per heavy atom. The summed E-state index contributed by atoms with van der Waals surface area (Å²) >= 11 is 1.62. The van der Waals surface area contributed by atoms with Crippen molar-refractivity contribution in [2.24, 2.45) is 5.73 Å². The molecule has 0 heterocycles. The number of thioether (sulfide) groups is 1. The van der Waals surface area contributed by atoms with Crippen LogP contribution in [0.2, 0.25) is 0 Å². The molecule has 1 rings (SSSR count). The minimum Gasteiger partial charge on any atom is -0.325 e. The van der Waals surface area contributed by atoms with E-state index in [1.807, 2.05) is 20.1 Å². The Bertz CT molecular complexity index is 318. The highest BCUT2D eigenvalue weighted by atomic mass is 32.2. The van der Waals surface area contributed by atoms with Crippen LogP contribution in [0.5, 0.6) is 0 Å². The highest BCUT2D eigenvalue weighted by molar-refractivity contribution is 7.98. The maximum atomic E-state index is 13.0. The van der Waals surface area contributed by atoms with E-state index in [2.05, 4.69) is 0 Å². The summed E-state index contributed by atoms with van der Waals surface area (Å²) in [5.41, 5.74) is 6.61. The van der Waals surface area contributed by atoms with E-state index in [4.69, 9.17) is 5.73 Å². The molecule has 1 nitrogen and oxygen atoms in total. The lowest BCUT2D eigenvalue weighted by Gasteiger charge is -2.20. The fourth-order valence-corrected chi connectivity index (χ4v) is 1.97. The van der Waals surface area contributed by atoms with E-state index >= 15 is 0 Å². The molecule has 0 bridgehead atoms. The smallest absolute Gasteiger partial charge is 0.123 e. The molecule has 0 aliphatic carbocycles. The normalized spacial score (nSPS) is 11.8. The first-order valence-corrected chi connectivity index (χ1v) is 5.76. The van der Waals surface area contributed by atoms with Gasteiger partial charge in [-0.3, -0.25) is 0 Å². The molecule has 1 aromatic rings. The van der Waals surface area contributed by atoms with Crippen molar-refractivity contribution in [3.05, 3.63) is 29.6 Å². The van der Waals surface area contributed by atoms with Crippen molar-refractivity contribution in [2.45, 2.75) is 30.7 Å². The number of hydrogen-bond acceptors (Lipinski definition) is 2. The molecule has 0 saturated carbocycles. The molecular weight excluding hydrogens is 197 g/mol. The quantitative estimate of drug-likeness (QED) is 0.781. The summed E-state index contributed by atoms with van der Waals surface area (Å²) in [4.78, 5) is 1.10. The van der Waals surface area contributed by atoms with Crippen LogP contribution >= 0.6 is 11.8 Å². The molecule has 14 heavy (non-hydrogen) atoms. The molecule has 0 aromatic heterocycles. The summed E-state index contributed by atoms with van der Waals surface area (Å²) in [6, 6.07) is 4.86. The summed E-state index contributed by atoms with van der Waals surface area (Å²) in [5, 5.41) is 0. The lowest BCUT2D eigenvalue weighted by molar-refractivity contribution is 0.510. The van der Waals surface area contributed by atoms with E-state index < -0.39 is 0 Å². The summed E-state index contributed by atoms with van der Waals surface area (Å²) < 4.78 is 13.0. The van der Waals surface area contributed by atoms with Crippen LogP contribution in [0.3, 0.4) is 0 Å². The van der Waals surface area contributed by atoms with Gasteiger partial charge in [-0.05, 0) is 50.3 Å². The third kappa shape index (κ3) is 3.31. The number of rotatable bonds is 3. The number of benzene rings is 1. The van der Waals surface area contributed by atoms with E-state index in [1.54, 1.807) is 23.9 Å². The molecule has 0 atom stereocenters. The minimum atomic E-state index is -0.293. The molecule has 0 fully saturated rings. The Morgan fingerprint density at radius 1 is 1.43 bits per heavy atom. The Morgan fingerprint density at radius 3 is 2.57 bits per heavy atom. The van der Waals surface area contributed by atoms with Gasteiger partial charge in [-0.1, -0.05) is 0 Å². The van der Waals surface area contributed by atoms with Gasteiger partial charge < -0.3 is 5.73 Å². The Kier molecular flexibility index (Phi) is 3.56. The molecule has 78 valence electrons. The molecule has 0 aliphatic heterocycles. The van der Waals surface area contributed by atoms with Crippen LogP contribution in [0.15, 0.2) is 23.1 Å². The van der Waals surface area contributed by atoms with Gasteiger partial charge in [-0.25, -0.2) is 4.39 Å². The maximum absolute atomic E-state index is 13.0. The van der Waals surface area contributed by atoms with E-state index in [9.17, 15) is 4.39 Å². The van der Waals surface area contributed by atoms with Crippen molar-refractivity contribution >= 4 is 11.8 Å². The first-order chi connectivity index (χ1) is 6.42. The first kappa shape index (κ1) is 11.5. The van der Waals surface area contributed by atoms with Crippen LogP contribution in [-0.4, -0.2) is 11.8 Å². The van der Waals surface area contributed by atoms with E-state index in [0.717, 1.165) is 10.5 Å². The van der Waals surface area contributed by atoms with Crippen molar-refractivity contribution < 1.29 is 4.39 Å². The summed E-state index contributed by atoms with van der Waals surface area (Å²) in [6.45, 7) is 3.89. The van der Waals surface area contributed by atoms with Crippen molar-refractivity contribution in [1.29, 1.82) is 0 Å². The summed E-state index contributed by atoms with van der Waals surface area (Å²) in [5.74, 6) is -0.193. The van der Waals surface area contributed by atoms with E-state index in [1.165, 1.54) is 6.07 Å². The number of nitrogens with two attached hydrogens (primary N) is 1. The second kappa shape index (κ2) is 4.32. The highest BCUT2D eigenvalue weighted by Crippen LogP contribution is 2.24. The lowest BCUT2D eigenvalue weighted by atomic mass is 9.96. The van der Waals surface area contributed by atoms with Gasteiger partial charge in [-0.2, -0.15) is 0 Å². The molecule has 0 amide bonds. The van der Waals surface area contributed by atoms with Crippen LogP contribution in [0.1, 0.15) is 19.4 Å². The van der Waals surface area contributed by atoms with Crippen LogP contribution in [0.25, 0.3) is 0 Å². The van der Waals surface area contributed by atoms with Crippen molar-refractivity contribution in [2.75, 3.05) is 6.26 Å². The van der Waals surface area contributed by atoms with Crippen molar-refractivity contribution in [1.82, 2.24) is 0 Å². The predicted octanol–water partition coefficient (Wildman–Crippen LogP) is 2.83. The fourth-order valence-electron chi connectivity index (χ4n) is 1.38. The third-order valence-electron chi connectivity index (χ3n) is 1.89. The minimum absolute atomic E-state index is 0.193. The molecule has 0 saturated heterocycles. The van der Waals surface area contributed by atoms with Crippen molar-refractivity contribution in [3.63, 3.8) is 0 Å². The van der Waals surface area contributed by atoms with Gasteiger partial charge in [0.05, 0.1) is 0 Å². The topological polar surface area (TPSA) is 26.0 Å². The molecule has 2 N–H and O–H groups in total. The van der Waals surface area contributed by atoms with Gasteiger partial charge in [0.2, 0.25) is 0 Å². The molecular formula is C11H16FNS. The van der Waals surface area contributed by atoms with Gasteiger partial charge >= 0.3 is 0 Å². The van der Waals surface area contributed by atoms with Crippen LogP contribution in [-0.2, 0) is 6.42 Å². The monoisotopic (exact) mass is 213 g/mol. The SMILES string of the molecule is CSc1ccc(F)cc1CC(C)(C)N. The van der Waals surface area contributed by atoms with Gasteiger partial charge in [0.25, 0.3) is 0 Å². The summed E-state index contributed by atoms with van der Waals surface area (Å²) in [6.07, 6.45) is 2.68. The molecule has 1 aromatic carbocycles. The molecule has 0 unspecified atom stereocenters. The molecule has 3 heteroatoms. The fraction of sp³-hybridized carbons (Fsp3) is 0.455. The zero-order valence-corrected chi connectivity index (χ0v) is 9.62. The lowest BCUT2D eigenvalue weighted by Crippen LogP contribution is -2.34. The van der Waals surface area contributed by atoms with Gasteiger partial charge in [0, 0.05) is 10.4 Å². The predicted molar refractivity (Wildman–Crippen MR) is 60.2 cm³/mol. The Labute approximate surface area is 88.9 Å². The number of halogens is 1. The second-order valence-electron chi connectivity index (χ2n) is 4.12. The maximum Gasteiger partial charge on any atom is 0.123 e. The van der Waals surface area contributed by atoms with Gasteiger partial charge in [0.1, 0.15) is 5.82 Å². The molecule has 0 radical (unpaired) electrons. The van der Waals surface area contributed by atoms with Crippen LogP contribution in [0, 0.1) is 5.82 Å². The molecule has 0 spiro atoms. The summed E-state index contributed by atoms with van der Waals surface area (Å²) in [7, 11) is 0. The number of hydrogen-bond donors (Lipinski definition) is 1. The second-order valence-corrected chi connectivity index (χ2v) is 4.97. The largest absolute Gasteiger partial charge is 0.325 e. The Balaban J connectivity index is 2.99. The van der Waals surface area contributed by atoms with Gasteiger partial charge in [-0.15, -0.1) is 11.8 Å².